The van der Waals surface area contributed by atoms with Gasteiger partial charge >= 0.3 is 0 Å². The summed E-state index contributed by atoms with van der Waals surface area (Å²) in [6, 6.07) is 0.200. The third-order valence-electron chi connectivity index (χ3n) is 4.42. The molecule has 1 aliphatic rings. The van der Waals surface area contributed by atoms with Crippen molar-refractivity contribution in [1.82, 2.24) is 19.9 Å². The number of aromatic amines is 1. The standard InChI is InChI=1S/C16H20N6O2/c1-3-12(23)22-7-10(5-4-9(22)2)21-16-13-11(14(17)24)6-18-15(13)19-8-20-16/h3,6,8-10H,1,4-5,7H2,2H3,(H2,17,24)(H2,18,19,20,21)/t9-,10+/m0/s1. The fraction of sp³-hybridized carbons (Fsp3) is 0.375. The number of hydrogen-bond acceptors (Lipinski definition) is 5. The van der Waals surface area contributed by atoms with Gasteiger partial charge in [-0.2, -0.15) is 0 Å². The molecule has 0 aromatic carbocycles. The van der Waals surface area contributed by atoms with Gasteiger partial charge in [-0.25, -0.2) is 9.97 Å². The molecule has 2 aromatic heterocycles. The van der Waals surface area contributed by atoms with E-state index in [1.807, 2.05) is 6.92 Å². The molecule has 0 radical (unpaired) electrons. The second-order valence-corrected chi connectivity index (χ2v) is 5.97. The topological polar surface area (TPSA) is 117 Å². The lowest BCUT2D eigenvalue weighted by molar-refractivity contribution is -0.129. The van der Waals surface area contributed by atoms with Crippen LogP contribution >= 0.6 is 0 Å². The van der Waals surface area contributed by atoms with Crippen molar-refractivity contribution in [2.24, 2.45) is 5.73 Å². The molecule has 0 unspecified atom stereocenters. The number of anilines is 1. The number of amides is 2. The van der Waals surface area contributed by atoms with E-state index in [2.05, 4.69) is 26.8 Å². The smallest absolute Gasteiger partial charge is 0.251 e. The first-order valence-corrected chi connectivity index (χ1v) is 7.82. The number of likely N-dealkylation sites (tertiary alicyclic amines) is 1. The molecule has 0 spiro atoms. The minimum atomic E-state index is -0.542. The molecule has 24 heavy (non-hydrogen) atoms. The molecule has 4 N–H and O–H groups in total. The molecule has 0 bridgehead atoms. The molecule has 3 rings (SSSR count). The summed E-state index contributed by atoms with van der Waals surface area (Å²) in [5.74, 6) is -0.0817. The van der Waals surface area contributed by atoms with Crippen LogP contribution in [0.5, 0.6) is 0 Å². The maximum atomic E-state index is 12.0. The second-order valence-electron chi connectivity index (χ2n) is 5.97. The molecule has 2 atom stereocenters. The molecular weight excluding hydrogens is 308 g/mol. The molecule has 0 aliphatic carbocycles. The van der Waals surface area contributed by atoms with Crippen LogP contribution in [-0.4, -0.2) is 50.3 Å². The van der Waals surface area contributed by atoms with Gasteiger partial charge in [0.2, 0.25) is 5.91 Å². The summed E-state index contributed by atoms with van der Waals surface area (Å²) in [5, 5.41) is 3.90. The van der Waals surface area contributed by atoms with Crippen LogP contribution in [0.15, 0.2) is 25.2 Å². The number of nitrogens with two attached hydrogens (primary N) is 1. The van der Waals surface area contributed by atoms with E-state index in [9.17, 15) is 9.59 Å². The molecule has 0 saturated carbocycles. The molecule has 2 amide bonds. The summed E-state index contributed by atoms with van der Waals surface area (Å²) in [4.78, 5) is 36.7. The van der Waals surface area contributed by atoms with Gasteiger partial charge in [-0.1, -0.05) is 6.58 Å². The molecule has 8 heteroatoms. The number of rotatable bonds is 4. The molecule has 1 aliphatic heterocycles. The zero-order valence-corrected chi connectivity index (χ0v) is 13.5. The van der Waals surface area contributed by atoms with Crippen LogP contribution in [0.25, 0.3) is 11.0 Å². The van der Waals surface area contributed by atoms with Crippen molar-refractivity contribution in [3.63, 3.8) is 0 Å². The maximum Gasteiger partial charge on any atom is 0.251 e. The van der Waals surface area contributed by atoms with E-state index in [1.165, 1.54) is 18.6 Å². The zero-order valence-electron chi connectivity index (χ0n) is 13.5. The normalized spacial score (nSPS) is 20.8. The number of carbonyl (C=O) groups is 2. The number of fused-ring (bicyclic) bond motifs is 1. The number of carbonyl (C=O) groups excluding carboxylic acids is 2. The van der Waals surface area contributed by atoms with Gasteiger partial charge in [0.05, 0.1) is 10.9 Å². The quantitative estimate of drug-likeness (QED) is 0.725. The first-order valence-electron chi connectivity index (χ1n) is 7.82. The number of nitrogens with zero attached hydrogens (tertiary/aromatic N) is 3. The number of aromatic nitrogens is 3. The van der Waals surface area contributed by atoms with Crippen molar-refractivity contribution < 1.29 is 9.59 Å². The van der Waals surface area contributed by atoms with Crippen LogP contribution in [0.1, 0.15) is 30.1 Å². The van der Waals surface area contributed by atoms with Gasteiger partial charge in [-0.15, -0.1) is 0 Å². The van der Waals surface area contributed by atoms with E-state index in [0.29, 0.717) is 29.0 Å². The predicted octanol–water partition coefficient (Wildman–Crippen LogP) is 1.03. The summed E-state index contributed by atoms with van der Waals surface area (Å²) in [7, 11) is 0. The number of hydrogen-bond donors (Lipinski definition) is 3. The molecule has 3 heterocycles. The Morgan fingerprint density at radius 3 is 2.96 bits per heavy atom. The van der Waals surface area contributed by atoms with Crippen LogP contribution < -0.4 is 11.1 Å². The minimum absolute atomic E-state index is 0.0267. The van der Waals surface area contributed by atoms with E-state index in [-0.39, 0.29) is 18.0 Å². The molecule has 126 valence electrons. The highest BCUT2D eigenvalue weighted by Gasteiger charge is 2.28. The lowest BCUT2D eigenvalue weighted by atomic mass is 9.99. The van der Waals surface area contributed by atoms with Crippen molar-refractivity contribution >= 4 is 28.7 Å². The number of H-pyrrole nitrogens is 1. The molecule has 1 saturated heterocycles. The van der Waals surface area contributed by atoms with Crippen LogP contribution in [0, 0.1) is 0 Å². The van der Waals surface area contributed by atoms with Gasteiger partial charge in [0.15, 0.2) is 0 Å². The van der Waals surface area contributed by atoms with Crippen molar-refractivity contribution in [2.45, 2.75) is 31.8 Å². The Bertz CT molecular complexity index is 799. The van der Waals surface area contributed by atoms with Crippen LogP contribution in [0.3, 0.4) is 0 Å². The first-order chi connectivity index (χ1) is 11.5. The maximum absolute atomic E-state index is 12.0. The average molecular weight is 328 g/mol. The van der Waals surface area contributed by atoms with Gasteiger partial charge < -0.3 is 20.9 Å². The third kappa shape index (κ3) is 2.82. The lowest BCUT2D eigenvalue weighted by Crippen LogP contribution is -2.49. The van der Waals surface area contributed by atoms with Crippen molar-refractivity contribution in [2.75, 3.05) is 11.9 Å². The number of piperidine rings is 1. The highest BCUT2D eigenvalue weighted by Crippen LogP contribution is 2.26. The zero-order chi connectivity index (χ0) is 17.3. The SMILES string of the molecule is C=CC(=O)N1C[C@H](Nc2ncnc3[nH]cc(C(N)=O)c23)CC[C@@H]1C. The Morgan fingerprint density at radius 2 is 2.25 bits per heavy atom. The molecular formula is C16H20N6O2. The van der Waals surface area contributed by atoms with Gasteiger partial charge in [0.25, 0.3) is 5.91 Å². The predicted molar refractivity (Wildman–Crippen MR) is 90.4 cm³/mol. The van der Waals surface area contributed by atoms with Crippen LogP contribution in [-0.2, 0) is 4.79 Å². The average Bonchev–Trinajstić information content (AvgIpc) is 3.01. The van der Waals surface area contributed by atoms with Crippen molar-refractivity contribution in [3.8, 4) is 0 Å². The Balaban J connectivity index is 1.87. The van der Waals surface area contributed by atoms with E-state index in [0.717, 1.165) is 12.8 Å². The highest BCUT2D eigenvalue weighted by atomic mass is 16.2. The third-order valence-corrected chi connectivity index (χ3v) is 4.42. The number of nitrogens with one attached hydrogen (secondary N) is 2. The van der Waals surface area contributed by atoms with E-state index < -0.39 is 5.91 Å². The number of primary amides is 1. The minimum Gasteiger partial charge on any atom is -0.366 e. The fourth-order valence-corrected chi connectivity index (χ4v) is 3.11. The highest BCUT2D eigenvalue weighted by molar-refractivity contribution is 6.08. The molecule has 2 aromatic rings. The van der Waals surface area contributed by atoms with E-state index >= 15 is 0 Å². The van der Waals surface area contributed by atoms with Gasteiger partial charge in [0, 0.05) is 24.8 Å². The van der Waals surface area contributed by atoms with Crippen molar-refractivity contribution in [1.29, 1.82) is 0 Å². The monoisotopic (exact) mass is 328 g/mol. The van der Waals surface area contributed by atoms with E-state index in [4.69, 9.17) is 5.73 Å². The largest absolute Gasteiger partial charge is 0.366 e. The summed E-state index contributed by atoms with van der Waals surface area (Å²) < 4.78 is 0. The van der Waals surface area contributed by atoms with Crippen LogP contribution in [0.2, 0.25) is 0 Å². The van der Waals surface area contributed by atoms with Gasteiger partial charge in [-0.3, -0.25) is 9.59 Å². The first kappa shape index (κ1) is 16.0. The summed E-state index contributed by atoms with van der Waals surface area (Å²) in [6.07, 6.45) is 6.05. The Labute approximate surface area is 139 Å². The molecule has 1 fully saturated rings. The fourth-order valence-electron chi connectivity index (χ4n) is 3.11. The molecule has 8 nitrogen and oxygen atoms in total. The lowest BCUT2D eigenvalue weighted by Gasteiger charge is -2.38. The van der Waals surface area contributed by atoms with Gasteiger partial charge in [-0.05, 0) is 25.8 Å². The second kappa shape index (κ2) is 6.31. The van der Waals surface area contributed by atoms with Crippen molar-refractivity contribution in [3.05, 3.63) is 30.7 Å². The van der Waals surface area contributed by atoms with Crippen LogP contribution in [0.4, 0.5) is 5.82 Å². The summed E-state index contributed by atoms with van der Waals surface area (Å²) >= 11 is 0. The Morgan fingerprint density at radius 1 is 1.46 bits per heavy atom. The Kier molecular flexibility index (Phi) is 4.20. The summed E-state index contributed by atoms with van der Waals surface area (Å²) in [5.41, 5.74) is 6.31. The summed E-state index contributed by atoms with van der Waals surface area (Å²) in [6.45, 7) is 6.13. The van der Waals surface area contributed by atoms with E-state index in [1.54, 1.807) is 4.90 Å². The Hall–Kier alpha value is -2.90. The van der Waals surface area contributed by atoms with Gasteiger partial charge in [0.1, 0.15) is 17.8 Å².